The Balaban J connectivity index is 1.37. The molecule has 1 amide bonds. The number of hydrogen-bond donors (Lipinski definition) is 0. The first-order valence-corrected chi connectivity index (χ1v) is 14.9. The molecule has 200 valence electrons. The second-order valence-corrected chi connectivity index (χ2v) is 12.0. The molecule has 3 aromatic carbocycles. The summed E-state index contributed by atoms with van der Waals surface area (Å²) in [5, 5.41) is 1.64. The summed E-state index contributed by atoms with van der Waals surface area (Å²) in [5.41, 5.74) is 3.41. The third-order valence-electron chi connectivity index (χ3n) is 6.91. The fourth-order valence-corrected chi connectivity index (χ4v) is 6.69. The Hall–Kier alpha value is -3.52. The Bertz CT molecular complexity index is 1650. The molecule has 1 aliphatic rings. The Morgan fingerprint density at radius 1 is 1.00 bits per heavy atom. The van der Waals surface area contributed by atoms with Crippen LogP contribution in [0.25, 0.3) is 23.1 Å². The van der Waals surface area contributed by atoms with Crippen molar-refractivity contribution in [2.75, 3.05) is 26.0 Å². The van der Waals surface area contributed by atoms with Crippen LogP contribution in [0.15, 0.2) is 83.8 Å². The van der Waals surface area contributed by atoms with Crippen LogP contribution in [0.4, 0.5) is 0 Å². The van der Waals surface area contributed by atoms with Gasteiger partial charge in [0.1, 0.15) is 0 Å². The summed E-state index contributed by atoms with van der Waals surface area (Å²) in [5.74, 6) is -0.522. The fraction of sp³-hybridized carbons (Fsp3) is 0.226. The number of benzene rings is 3. The fourth-order valence-electron chi connectivity index (χ4n) is 4.84. The van der Waals surface area contributed by atoms with Crippen molar-refractivity contribution in [2.24, 2.45) is 0 Å². The summed E-state index contributed by atoms with van der Waals surface area (Å²) in [4.78, 5) is 19.5. The van der Waals surface area contributed by atoms with Crippen LogP contribution in [0, 0.1) is 0 Å². The van der Waals surface area contributed by atoms with Gasteiger partial charge in [0.05, 0.1) is 33.5 Å². The molecule has 0 radical (unpaired) electrons. The zero-order valence-corrected chi connectivity index (χ0v) is 23.2. The molecule has 4 aromatic rings. The summed E-state index contributed by atoms with van der Waals surface area (Å²) < 4.78 is 32.8. The van der Waals surface area contributed by atoms with Gasteiger partial charge < -0.3 is 9.64 Å². The van der Waals surface area contributed by atoms with Gasteiger partial charge in [-0.05, 0) is 66.4 Å². The summed E-state index contributed by atoms with van der Waals surface area (Å²) in [7, 11) is -2.33. The van der Waals surface area contributed by atoms with E-state index in [1.54, 1.807) is 23.1 Å². The maximum atomic E-state index is 13.6. The van der Waals surface area contributed by atoms with E-state index in [4.69, 9.17) is 16.3 Å². The molecule has 5 rings (SSSR count). The maximum absolute atomic E-state index is 13.6. The molecule has 1 aromatic heterocycles. The van der Waals surface area contributed by atoms with Crippen LogP contribution in [0.1, 0.15) is 46.1 Å². The second-order valence-electron chi connectivity index (χ2n) is 9.58. The van der Waals surface area contributed by atoms with Crippen molar-refractivity contribution in [3.63, 3.8) is 0 Å². The zero-order chi connectivity index (χ0) is 27.4. The second kappa shape index (κ2) is 11.7. The smallest absolute Gasteiger partial charge is 0.255 e. The Morgan fingerprint density at radius 2 is 1.77 bits per heavy atom. The van der Waals surface area contributed by atoms with Crippen molar-refractivity contribution in [1.29, 1.82) is 0 Å². The molecule has 0 saturated carbocycles. The molecule has 8 heteroatoms. The van der Waals surface area contributed by atoms with E-state index in [1.165, 1.54) is 13.2 Å². The highest BCUT2D eigenvalue weighted by Crippen LogP contribution is 2.27. The van der Waals surface area contributed by atoms with Crippen LogP contribution in [0.3, 0.4) is 0 Å². The number of carbonyl (C=O) groups is 1. The van der Waals surface area contributed by atoms with Gasteiger partial charge in [0.15, 0.2) is 9.84 Å². The van der Waals surface area contributed by atoms with E-state index in [0.29, 0.717) is 18.1 Å². The Morgan fingerprint density at radius 3 is 2.56 bits per heavy atom. The lowest BCUT2D eigenvalue weighted by molar-refractivity contribution is 0.0788. The normalized spacial score (nSPS) is 14.8. The van der Waals surface area contributed by atoms with E-state index >= 15 is 0 Å². The standard InChI is InChI=1S/C31H29ClN2O4S/c1-38-29(21-39(36,37)30-10-3-2-9-27(30)31(35)34-17-4-5-18-34)24-8-6-7-22(19-24)11-15-26-16-13-23-12-14-25(32)20-28(23)33-26/h2-3,6-16,19-20,29H,4-5,17-18,21H2,1H3/b15-11+. The molecule has 0 aliphatic carbocycles. The number of nitrogens with zero attached hydrogens (tertiary/aromatic N) is 2. The Labute approximate surface area is 233 Å². The van der Waals surface area contributed by atoms with Crippen molar-refractivity contribution in [3.8, 4) is 0 Å². The predicted octanol–water partition coefficient (Wildman–Crippen LogP) is 6.46. The average molecular weight is 561 g/mol. The zero-order valence-electron chi connectivity index (χ0n) is 21.6. The number of halogens is 1. The predicted molar refractivity (Wildman–Crippen MR) is 156 cm³/mol. The number of ether oxygens (including phenoxy) is 1. The summed E-state index contributed by atoms with van der Waals surface area (Å²) in [6, 6.07) is 23.5. The molecule has 1 saturated heterocycles. The highest BCUT2D eigenvalue weighted by Gasteiger charge is 2.29. The number of carbonyl (C=O) groups excluding carboxylic acids is 1. The van der Waals surface area contributed by atoms with Crippen LogP contribution in [-0.2, 0) is 14.6 Å². The van der Waals surface area contributed by atoms with E-state index in [0.717, 1.165) is 40.6 Å². The van der Waals surface area contributed by atoms with E-state index in [1.807, 2.05) is 66.7 Å². The lowest BCUT2D eigenvalue weighted by Crippen LogP contribution is -2.29. The number of likely N-dealkylation sites (tertiary alicyclic amines) is 1. The van der Waals surface area contributed by atoms with Gasteiger partial charge >= 0.3 is 0 Å². The number of hydrogen-bond acceptors (Lipinski definition) is 5. The highest BCUT2D eigenvalue weighted by molar-refractivity contribution is 7.91. The minimum absolute atomic E-state index is 0.0440. The molecule has 1 fully saturated rings. The molecule has 1 unspecified atom stereocenters. The number of rotatable bonds is 8. The van der Waals surface area contributed by atoms with E-state index < -0.39 is 15.9 Å². The van der Waals surface area contributed by atoms with Crippen molar-refractivity contribution in [2.45, 2.75) is 23.8 Å². The SMILES string of the molecule is COC(CS(=O)(=O)c1ccccc1C(=O)N1CCCC1)c1cccc(/C=C/c2ccc3ccc(Cl)cc3n2)c1. The molecule has 39 heavy (non-hydrogen) atoms. The molecule has 2 heterocycles. The van der Waals surface area contributed by atoms with E-state index in [-0.39, 0.29) is 22.1 Å². The minimum atomic E-state index is -3.83. The molecular formula is C31H29ClN2O4S. The molecular weight excluding hydrogens is 532 g/mol. The lowest BCUT2D eigenvalue weighted by Gasteiger charge is -2.20. The van der Waals surface area contributed by atoms with Gasteiger partial charge in [0, 0.05) is 30.6 Å². The topological polar surface area (TPSA) is 76.6 Å². The van der Waals surface area contributed by atoms with E-state index in [9.17, 15) is 13.2 Å². The molecule has 0 N–H and O–H groups in total. The molecule has 1 atom stereocenters. The van der Waals surface area contributed by atoms with E-state index in [2.05, 4.69) is 4.98 Å². The van der Waals surface area contributed by atoms with Gasteiger partial charge in [-0.25, -0.2) is 13.4 Å². The number of methoxy groups -OCH3 is 1. The summed E-state index contributed by atoms with van der Waals surface area (Å²) in [6.07, 6.45) is 4.98. The van der Waals surface area contributed by atoms with Gasteiger partial charge in [-0.15, -0.1) is 0 Å². The van der Waals surface area contributed by atoms with Gasteiger partial charge in [0.25, 0.3) is 5.91 Å². The summed E-state index contributed by atoms with van der Waals surface area (Å²) >= 11 is 6.11. The number of aromatic nitrogens is 1. The minimum Gasteiger partial charge on any atom is -0.376 e. The molecule has 0 spiro atoms. The number of pyridine rings is 1. The quantitative estimate of drug-likeness (QED) is 0.247. The molecule has 0 bridgehead atoms. The maximum Gasteiger partial charge on any atom is 0.255 e. The third-order valence-corrected chi connectivity index (χ3v) is 8.91. The average Bonchev–Trinajstić information content (AvgIpc) is 3.49. The highest BCUT2D eigenvalue weighted by atomic mass is 35.5. The monoisotopic (exact) mass is 560 g/mol. The van der Waals surface area contributed by atoms with Crippen molar-refractivity contribution < 1.29 is 17.9 Å². The first kappa shape index (κ1) is 27.1. The van der Waals surface area contributed by atoms with Gasteiger partial charge in [-0.1, -0.05) is 60.1 Å². The molecule has 1 aliphatic heterocycles. The van der Waals surface area contributed by atoms with Gasteiger partial charge in [-0.3, -0.25) is 4.79 Å². The first-order valence-electron chi connectivity index (χ1n) is 12.8. The van der Waals surface area contributed by atoms with Crippen LogP contribution in [0.2, 0.25) is 5.02 Å². The number of fused-ring (bicyclic) bond motifs is 1. The first-order chi connectivity index (χ1) is 18.8. The van der Waals surface area contributed by atoms with Crippen LogP contribution >= 0.6 is 11.6 Å². The van der Waals surface area contributed by atoms with Crippen molar-refractivity contribution in [3.05, 3.63) is 106 Å². The van der Waals surface area contributed by atoms with Crippen molar-refractivity contribution >= 4 is 50.4 Å². The van der Waals surface area contributed by atoms with Crippen molar-refractivity contribution in [1.82, 2.24) is 9.88 Å². The largest absolute Gasteiger partial charge is 0.376 e. The van der Waals surface area contributed by atoms with Crippen LogP contribution in [0.5, 0.6) is 0 Å². The molecule has 6 nitrogen and oxygen atoms in total. The van der Waals surface area contributed by atoms with Gasteiger partial charge in [0.2, 0.25) is 0 Å². The number of sulfone groups is 1. The van der Waals surface area contributed by atoms with Crippen LogP contribution in [-0.4, -0.2) is 50.2 Å². The van der Waals surface area contributed by atoms with Crippen LogP contribution < -0.4 is 0 Å². The lowest BCUT2D eigenvalue weighted by atomic mass is 10.1. The Kier molecular flexibility index (Phi) is 8.12. The third kappa shape index (κ3) is 6.22. The number of amides is 1. The summed E-state index contributed by atoms with van der Waals surface area (Å²) in [6.45, 7) is 1.30. The van der Waals surface area contributed by atoms with Gasteiger partial charge in [-0.2, -0.15) is 0 Å².